The van der Waals surface area contributed by atoms with Crippen LogP contribution >= 0.6 is 0 Å². The molecular weight excluding hydrogens is 260 g/mol. The molecule has 1 N–H and O–H groups in total. The maximum atomic E-state index is 10.5. The van der Waals surface area contributed by atoms with Crippen LogP contribution in [0.2, 0.25) is 0 Å². The van der Waals surface area contributed by atoms with Gasteiger partial charge in [0.05, 0.1) is 13.0 Å². The molecule has 1 aliphatic rings. The zero-order valence-electron chi connectivity index (χ0n) is 11.9. The van der Waals surface area contributed by atoms with Gasteiger partial charge in [0, 0.05) is 39.1 Å². The van der Waals surface area contributed by atoms with Crippen LogP contribution in [0.5, 0.6) is 0 Å². The fraction of sp³-hybridized carbons (Fsp3) is 0.769. The molecule has 0 radical (unpaired) electrons. The number of carbonyl (C=O) groups is 1. The van der Waals surface area contributed by atoms with Gasteiger partial charge in [0.25, 0.3) is 0 Å². The van der Waals surface area contributed by atoms with Gasteiger partial charge in [-0.2, -0.15) is 4.98 Å². The maximum absolute atomic E-state index is 10.5. The number of rotatable bonds is 7. The lowest BCUT2D eigenvalue weighted by Gasteiger charge is -2.33. The lowest BCUT2D eigenvalue weighted by Crippen LogP contribution is -2.46. The quantitative estimate of drug-likeness (QED) is 0.784. The van der Waals surface area contributed by atoms with Gasteiger partial charge in [-0.05, 0) is 6.42 Å². The van der Waals surface area contributed by atoms with Crippen LogP contribution in [0.4, 0.5) is 0 Å². The fourth-order valence-corrected chi connectivity index (χ4v) is 2.29. The molecule has 0 aliphatic carbocycles. The molecule has 0 atom stereocenters. The number of piperazine rings is 1. The standard InChI is InChI=1S/C13H22N4O3/c1-2-3-12-14-11(15-20-12)10-17-8-6-16(7-9-17)5-4-13(18)19/h2-10H2,1H3,(H,18,19). The van der Waals surface area contributed by atoms with E-state index in [1.807, 2.05) is 0 Å². The van der Waals surface area contributed by atoms with Gasteiger partial charge >= 0.3 is 5.97 Å². The summed E-state index contributed by atoms with van der Waals surface area (Å²) < 4.78 is 5.17. The van der Waals surface area contributed by atoms with Crippen LogP contribution in [-0.2, 0) is 17.8 Å². The Hall–Kier alpha value is -1.47. The minimum Gasteiger partial charge on any atom is -0.481 e. The molecule has 1 saturated heterocycles. The molecule has 1 aliphatic heterocycles. The smallest absolute Gasteiger partial charge is 0.304 e. The monoisotopic (exact) mass is 282 g/mol. The van der Waals surface area contributed by atoms with Crippen molar-refractivity contribution in [1.29, 1.82) is 0 Å². The number of aromatic nitrogens is 2. The molecule has 0 unspecified atom stereocenters. The minimum atomic E-state index is -0.734. The summed E-state index contributed by atoms with van der Waals surface area (Å²) in [6.07, 6.45) is 2.05. The first-order valence-electron chi connectivity index (χ1n) is 7.15. The summed E-state index contributed by atoms with van der Waals surface area (Å²) in [5, 5.41) is 12.7. The van der Waals surface area contributed by atoms with Crippen LogP contribution in [0.15, 0.2) is 4.52 Å². The van der Waals surface area contributed by atoms with E-state index in [9.17, 15) is 4.79 Å². The van der Waals surface area contributed by atoms with Crippen molar-refractivity contribution >= 4 is 5.97 Å². The van der Waals surface area contributed by atoms with E-state index in [-0.39, 0.29) is 6.42 Å². The highest BCUT2D eigenvalue weighted by Gasteiger charge is 2.19. The average Bonchev–Trinajstić information content (AvgIpc) is 2.86. The second-order valence-corrected chi connectivity index (χ2v) is 5.12. The molecule has 0 amide bonds. The summed E-state index contributed by atoms with van der Waals surface area (Å²) in [6.45, 7) is 7.04. The van der Waals surface area contributed by atoms with Crippen molar-refractivity contribution in [2.24, 2.45) is 0 Å². The Morgan fingerprint density at radius 3 is 2.65 bits per heavy atom. The second-order valence-electron chi connectivity index (χ2n) is 5.12. The fourth-order valence-electron chi connectivity index (χ4n) is 2.29. The zero-order chi connectivity index (χ0) is 14.4. The van der Waals surface area contributed by atoms with Crippen molar-refractivity contribution in [3.63, 3.8) is 0 Å². The molecule has 7 heteroatoms. The Bertz CT molecular complexity index is 427. The van der Waals surface area contributed by atoms with Gasteiger partial charge < -0.3 is 14.5 Å². The van der Waals surface area contributed by atoms with Crippen molar-refractivity contribution < 1.29 is 14.4 Å². The molecule has 112 valence electrons. The first kappa shape index (κ1) is 14.9. The van der Waals surface area contributed by atoms with Gasteiger partial charge in [0.15, 0.2) is 5.82 Å². The number of aliphatic carboxylic acids is 1. The molecule has 20 heavy (non-hydrogen) atoms. The van der Waals surface area contributed by atoms with Crippen LogP contribution in [-0.4, -0.2) is 63.7 Å². The normalized spacial score (nSPS) is 17.4. The highest BCUT2D eigenvalue weighted by Crippen LogP contribution is 2.08. The number of hydrogen-bond acceptors (Lipinski definition) is 6. The number of aryl methyl sites for hydroxylation is 1. The third-order valence-corrected chi connectivity index (χ3v) is 3.45. The molecule has 2 rings (SSSR count). The molecule has 0 aromatic carbocycles. The predicted molar refractivity (Wildman–Crippen MR) is 72.3 cm³/mol. The Morgan fingerprint density at radius 2 is 2.00 bits per heavy atom. The van der Waals surface area contributed by atoms with Crippen LogP contribution < -0.4 is 0 Å². The van der Waals surface area contributed by atoms with Crippen molar-refractivity contribution in [2.75, 3.05) is 32.7 Å². The van der Waals surface area contributed by atoms with E-state index in [4.69, 9.17) is 9.63 Å². The van der Waals surface area contributed by atoms with E-state index in [0.29, 0.717) is 19.0 Å². The van der Waals surface area contributed by atoms with E-state index in [2.05, 4.69) is 26.9 Å². The number of nitrogens with zero attached hydrogens (tertiary/aromatic N) is 4. The Balaban J connectivity index is 1.72. The molecule has 1 aromatic rings. The highest BCUT2D eigenvalue weighted by molar-refractivity contribution is 5.66. The second kappa shape index (κ2) is 7.35. The lowest BCUT2D eigenvalue weighted by molar-refractivity contribution is -0.137. The predicted octanol–water partition coefficient (Wildman–Crippen LogP) is 0.614. The maximum Gasteiger partial charge on any atom is 0.304 e. The molecule has 2 heterocycles. The summed E-state index contributed by atoms with van der Waals surface area (Å²) in [5.74, 6) is 0.720. The number of hydrogen-bond donors (Lipinski definition) is 1. The van der Waals surface area contributed by atoms with Gasteiger partial charge in [-0.15, -0.1) is 0 Å². The largest absolute Gasteiger partial charge is 0.481 e. The molecule has 1 fully saturated rings. The summed E-state index contributed by atoms with van der Waals surface area (Å²) in [6, 6.07) is 0. The SMILES string of the molecule is CCCc1nc(CN2CCN(CCC(=O)O)CC2)no1. The van der Waals surface area contributed by atoms with E-state index < -0.39 is 5.97 Å². The lowest BCUT2D eigenvalue weighted by atomic mass is 10.3. The van der Waals surface area contributed by atoms with Crippen LogP contribution in [0.3, 0.4) is 0 Å². The van der Waals surface area contributed by atoms with Crippen molar-refractivity contribution in [3.05, 3.63) is 11.7 Å². The topological polar surface area (TPSA) is 82.7 Å². The first-order chi connectivity index (χ1) is 9.67. The third-order valence-electron chi connectivity index (χ3n) is 3.45. The summed E-state index contributed by atoms with van der Waals surface area (Å²) in [4.78, 5) is 19.4. The average molecular weight is 282 g/mol. The number of carboxylic acid groups (broad SMARTS) is 1. The van der Waals surface area contributed by atoms with Crippen molar-refractivity contribution in [1.82, 2.24) is 19.9 Å². The van der Waals surface area contributed by atoms with Crippen LogP contribution in [0, 0.1) is 0 Å². The van der Waals surface area contributed by atoms with Gasteiger partial charge in [0.2, 0.25) is 5.89 Å². The van der Waals surface area contributed by atoms with Crippen LogP contribution in [0.1, 0.15) is 31.5 Å². The van der Waals surface area contributed by atoms with Crippen molar-refractivity contribution in [3.8, 4) is 0 Å². The molecule has 0 spiro atoms. The van der Waals surface area contributed by atoms with E-state index >= 15 is 0 Å². The zero-order valence-corrected chi connectivity index (χ0v) is 11.9. The first-order valence-corrected chi connectivity index (χ1v) is 7.15. The Labute approximate surface area is 118 Å². The molecule has 1 aromatic heterocycles. The van der Waals surface area contributed by atoms with E-state index in [0.717, 1.165) is 44.8 Å². The Morgan fingerprint density at radius 1 is 1.30 bits per heavy atom. The molecule has 0 bridgehead atoms. The van der Waals surface area contributed by atoms with Gasteiger partial charge in [0.1, 0.15) is 0 Å². The third kappa shape index (κ3) is 4.57. The molecular formula is C13H22N4O3. The highest BCUT2D eigenvalue weighted by atomic mass is 16.5. The van der Waals surface area contributed by atoms with Gasteiger partial charge in [-0.1, -0.05) is 12.1 Å². The number of carboxylic acids is 1. The van der Waals surface area contributed by atoms with Crippen LogP contribution in [0.25, 0.3) is 0 Å². The van der Waals surface area contributed by atoms with Gasteiger partial charge in [-0.25, -0.2) is 0 Å². The molecule has 0 saturated carbocycles. The van der Waals surface area contributed by atoms with Crippen molar-refractivity contribution in [2.45, 2.75) is 32.7 Å². The van der Waals surface area contributed by atoms with Gasteiger partial charge in [-0.3, -0.25) is 9.69 Å². The summed E-state index contributed by atoms with van der Waals surface area (Å²) in [7, 11) is 0. The summed E-state index contributed by atoms with van der Waals surface area (Å²) in [5.41, 5.74) is 0. The summed E-state index contributed by atoms with van der Waals surface area (Å²) >= 11 is 0. The van der Waals surface area contributed by atoms with E-state index in [1.165, 1.54) is 0 Å². The molecule has 7 nitrogen and oxygen atoms in total. The van der Waals surface area contributed by atoms with E-state index in [1.54, 1.807) is 0 Å². The minimum absolute atomic E-state index is 0.214. The Kier molecular flexibility index (Phi) is 5.49.